The summed E-state index contributed by atoms with van der Waals surface area (Å²) >= 11 is 0. The van der Waals surface area contributed by atoms with Crippen LogP contribution < -0.4 is 5.32 Å². The van der Waals surface area contributed by atoms with Crippen molar-refractivity contribution in [2.45, 2.75) is 32.6 Å². The van der Waals surface area contributed by atoms with Gasteiger partial charge >= 0.3 is 6.03 Å². The van der Waals surface area contributed by atoms with Crippen LogP contribution in [0.15, 0.2) is 0 Å². The van der Waals surface area contributed by atoms with Gasteiger partial charge < -0.3 is 15.0 Å². The number of amides is 2. The highest BCUT2D eigenvalue weighted by molar-refractivity contribution is 5.74. The average Bonchev–Trinajstić information content (AvgIpc) is 2.30. The van der Waals surface area contributed by atoms with Gasteiger partial charge in [-0.25, -0.2) is 4.79 Å². The van der Waals surface area contributed by atoms with Gasteiger partial charge in [-0.15, -0.1) is 0 Å². The highest BCUT2D eigenvalue weighted by Crippen LogP contribution is 2.16. The Kier molecular flexibility index (Phi) is 6.23. The quantitative estimate of drug-likeness (QED) is 0.730. The average molecular weight is 228 g/mol. The minimum absolute atomic E-state index is 0.0919. The van der Waals surface area contributed by atoms with Crippen molar-refractivity contribution in [1.82, 2.24) is 10.2 Å². The number of hydrogen-bond donors (Lipinski definition) is 1. The molecule has 4 nitrogen and oxygen atoms in total. The highest BCUT2D eigenvalue weighted by Gasteiger charge is 2.22. The van der Waals surface area contributed by atoms with Gasteiger partial charge in [0, 0.05) is 32.7 Å². The minimum Gasteiger partial charge on any atom is -0.384 e. The molecule has 1 aliphatic rings. The van der Waals surface area contributed by atoms with Gasteiger partial charge in [0.2, 0.25) is 0 Å². The van der Waals surface area contributed by atoms with E-state index in [4.69, 9.17) is 4.74 Å². The molecule has 0 aromatic carbocycles. The van der Waals surface area contributed by atoms with E-state index < -0.39 is 0 Å². The maximum atomic E-state index is 11.8. The summed E-state index contributed by atoms with van der Waals surface area (Å²) in [7, 11) is 1.72. The fraction of sp³-hybridized carbons (Fsp3) is 0.917. The number of piperidine rings is 1. The van der Waals surface area contributed by atoms with Crippen LogP contribution in [-0.4, -0.2) is 44.3 Å². The Morgan fingerprint density at radius 3 is 3.06 bits per heavy atom. The summed E-state index contributed by atoms with van der Waals surface area (Å²) in [4.78, 5) is 13.7. The maximum absolute atomic E-state index is 11.8. The molecular weight excluding hydrogens is 204 g/mol. The number of carbonyl (C=O) groups is 1. The van der Waals surface area contributed by atoms with Crippen LogP contribution in [0.5, 0.6) is 0 Å². The van der Waals surface area contributed by atoms with E-state index in [1.54, 1.807) is 7.11 Å². The largest absolute Gasteiger partial charge is 0.384 e. The molecule has 1 saturated heterocycles. The lowest BCUT2D eigenvalue weighted by Gasteiger charge is -2.32. The van der Waals surface area contributed by atoms with Crippen LogP contribution in [0.4, 0.5) is 4.79 Å². The van der Waals surface area contributed by atoms with Crippen molar-refractivity contribution in [3.63, 3.8) is 0 Å². The monoisotopic (exact) mass is 228 g/mol. The Morgan fingerprint density at radius 1 is 1.56 bits per heavy atom. The molecule has 1 rings (SSSR count). The summed E-state index contributed by atoms with van der Waals surface area (Å²) in [5, 5.41) is 2.96. The molecule has 1 fully saturated rings. The number of methoxy groups -OCH3 is 1. The number of likely N-dealkylation sites (tertiary alicyclic amines) is 1. The second-order valence-corrected chi connectivity index (χ2v) is 4.50. The summed E-state index contributed by atoms with van der Waals surface area (Å²) in [6, 6.07) is 0.0919. The molecule has 16 heavy (non-hydrogen) atoms. The number of ether oxygens (including phenoxy) is 1. The van der Waals surface area contributed by atoms with E-state index in [9.17, 15) is 4.79 Å². The number of hydrogen-bond acceptors (Lipinski definition) is 2. The van der Waals surface area contributed by atoms with Crippen LogP contribution >= 0.6 is 0 Å². The SMILES string of the molecule is CCCCNC(=O)N1CCCC(COC)C1. The number of nitrogens with zero attached hydrogens (tertiary/aromatic N) is 1. The summed E-state index contributed by atoms with van der Waals surface area (Å²) in [5.74, 6) is 0.510. The van der Waals surface area contributed by atoms with E-state index in [1.807, 2.05) is 4.90 Å². The second-order valence-electron chi connectivity index (χ2n) is 4.50. The third-order valence-corrected chi connectivity index (χ3v) is 3.02. The standard InChI is InChI=1S/C12H24N2O2/c1-3-4-7-13-12(15)14-8-5-6-11(9-14)10-16-2/h11H,3-10H2,1-2H3,(H,13,15). The van der Waals surface area contributed by atoms with Crippen LogP contribution in [0.3, 0.4) is 0 Å². The van der Waals surface area contributed by atoms with E-state index in [1.165, 1.54) is 6.42 Å². The van der Waals surface area contributed by atoms with Crippen LogP contribution in [0.25, 0.3) is 0 Å². The van der Waals surface area contributed by atoms with E-state index in [0.717, 1.165) is 45.5 Å². The lowest BCUT2D eigenvalue weighted by atomic mass is 9.99. The smallest absolute Gasteiger partial charge is 0.317 e. The molecule has 2 amide bonds. The van der Waals surface area contributed by atoms with Gasteiger partial charge in [-0.05, 0) is 19.3 Å². The van der Waals surface area contributed by atoms with Gasteiger partial charge in [-0.2, -0.15) is 0 Å². The molecule has 0 aromatic heterocycles. The Hall–Kier alpha value is -0.770. The Labute approximate surface area is 98.3 Å². The molecule has 94 valence electrons. The third-order valence-electron chi connectivity index (χ3n) is 3.02. The van der Waals surface area contributed by atoms with Crippen LogP contribution in [0.2, 0.25) is 0 Å². The fourth-order valence-corrected chi connectivity index (χ4v) is 2.11. The Morgan fingerprint density at radius 2 is 2.38 bits per heavy atom. The van der Waals surface area contributed by atoms with Crippen molar-refractivity contribution in [3.8, 4) is 0 Å². The highest BCUT2D eigenvalue weighted by atomic mass is 16.5. The van der Waals surface area contributed by atoms with Crippen molar-refractivity contribution < 1.29 is 9.53 Å². The predicted molar refractivity (Wildman–Crippen MR) is 64.5 cm³/mol. The molecule has 0 bridgehead atoms. The molecule has 0 aromatic rings. The maximum Gasteiger partial charge on any atom is 0.317 e. The fourth-order valence-electron chi connectivity index (χ4n) is 2.11. The Balaban J connectivity index is 2.26. The summed E-state index contributed by atoms with van der Waals surface area (Å²) < 4.78 is 5.15. The van der Waals surface area contributed by atoms with Crippen molar-refractivity contribution in [1.29, 1.82) is 0 Å². The zero-order valence-corrected chi connectivity index (χ0v) is 10.5. The molecule has 1 heterocycles. The molecule has 0 saturated carbocycles. The zero-order valence-electron chi connectivity index (χ0n) is 10.5. The number of carbonyl (C=O) groups excluding carboxylic acids is 1. The van der Waals surface area contributed by atoms with Gasteiger partial charge in [0.1, 0.15) is 0 Å². The summed E-state index contributed by atoms with van der Waals surface area (Å²) in [5.41, 5.74) is 0. The van der Waals surface area contributed by atoms with E-state index in [-0.39, 0.29) is 6.03 Å². The first-order valence-corrected chi connectivity index (χ1v) is 6.29. The normalized spacial score (nSPS) is 20.9. The van der Waals surface area contributed by atoms with Crippen LogP contribution in [0.1, 0.15) is 32.6 Å². The van der Waals surface area contributed by atoms with Crippen molar-refractivity contribution in [2.24, 2.45) is 5.92 Å². The topological polar surface area (TPSA) is 41.6 Å². The molecule has 1 N–H and O–H groups in total. The van der Waals surface area contributed by atoms with E-state index >= 15 is 0 Å². The molecule has 0 spiro atoms. The molecule has 0 aliphatic carbocycles. The van der Waals surface area contributed by atoms with E-state index in [2.05, 4.69) is 12.2 Å². The number of unbranched alkanes of at least 4 members (excludes halogenated alkanes) is 1. The van der Waals surface area contributed by atoms with Crippen molar-refractivity contribution in [3.05, 3.63) is 0 Å². The van der Waals surface area contributed by atoms with Gasteiger partial charge in [-0.1, -0.05) is 13.3 Å². The lowest BCUT2D eigenvalue weighted by molar-refractivity contribution is 0.100. The van der Waals surface area contributed by atoms with Gasteiger partial charge in [-0.3, -0.25) is 0 Å². The molecular formula is C12H24N2O2. The first-order valence-electron chi connectivity index (χ1n) is 6.29. The molecule has 4 heteroatoms. The predicted octanol–water partition coefficient (Wildman–Crippen LogP) is 1.85. The first-order chi connectivity index (χ1) is 7.77. The molecule has 1 unspecified atom stereocenters. The second kappa shape index (κ2) is 7.49. The van der Waals surface area contributed by atoms with E-state index in [0.29, 0.717) is 5.92 Å². The summed E-state index contributed by atoms with van der Waals surface area (Å²) in [6.07, 6.45) is 4.44. The van der Waals surface area contributed by atoms with Crippen molar-refractivity contribution in [2.75, 3.05) is 33.4 Å². The van der Waals surface area contributed by atoms with Crippen molar-refractivity contribution >= 4 is 6.03 Å². The molecule has 0 radical (unpaired) electrons. The molecule has 1 aliphatic heterocycles. The molecule has 1 atom stereocenters. The Bertz CT molecular complexity index is 207. The minimum atomic E-state index is 0.0919. The number of rotatable bonds is 5. The van der Waals surface area contributed by atoms with Crippen LogP contribution in [0, 0.1) is 5.92 Å². The third kappa shape index (κ3) is 4.39. The van der Waals surface area contributed by atoms with Crippen LogP contribution in [-0.2, 0) is 4.74 Å². The van der Waals surface area contributed by atoms with Gasteiger partial charge in [0.25, 0.3) is 0 Å². The first kappa shape index (κ1) is 13.3. The van der Waals surface area contributed by atoms with Gasteiger partial charge in [0.15, 0.2) is 0 Å². The lowest BCUT2D eigenvalue weighted by Crippen LogP contribution is -2.46. The van der Waals surface area contributed by atoms with Gasteiger partial charge in [0.05, 0.1) is 6.61 Å². The number of nitrogens with one attached hydrogen (secondary N) is 1. The number of urea groups is 1. The summed E-state index contributed by atoms with van der Waals surface area (Å²) in [6.45, 7) is 5.41. The zero-order chi connectivity index (χ0) is 11.8.